The average molecular weight is 365 g/mol. The van der Waals surface area contributed by atoms with E-state index in [0.717, 1.165) is 17.5 Å². The summed E-state index contributed by atoms with van der Waals surface area (Å²) in [6.45, 7) is 4.07. The van der Waals surface area contributed by atoms with Gasteiger partial charge in [-0.1, -0.05) is 24.2 Å². The summed E-state index contributed by atoms with van der Waals surface area (Å²) < 4.78 is 8.79. The zero-order chi connectivity index (χ0) is 18.8. The van der Waals surface area contributed by atoms with Gasteiger partial charge in [-0.25, -0.2) is 4.98 Å². The zero-order valence-corrected chi connectivity index (χ0v) is 15.1. The van der Waals surface area contributed by atoms with Gasteiger partial charge in [-0.05, 0) is 38.3 Å². The molecule has 0 saturated heterocycles. The van der Waals surface area contributed by atoms with E-state index in [-0.39, 0.29) is 23.3 Å². The molecule has 8 heteroatoms. The molecular formula is C19H19N5O3. The monoisotopic (exact) mass is 365 g/mol. The highest BCUT2D eigenvalue weighted by Crippen LogP contribution is 2.44. The molecule has 4 aromatic rings. The van der Waals surface area contributed by atoms with Gasteiger partial charge in [0, 0.05) is 6.04 Å². The van der Waals surface area contributed by atoms with Crippen LogP contribution in [0, 0.1) is 0 Å². The zero-order valence-electron chi connectivity index (χ0n) is 15.1. The fraction of sp³-hybridized carbons (Fsp3) is 0.368. The third-order valence-corrected chi connectivity index (χ3v) is 5.38. The number of hydrogen-bond acceptors (Lipinski definition) is 6. The number of rotatable bonds is 4. The predicted octanol–water partition coefficient (Wildman–Crippen LogP) is 2.65. The van der Waals surface area contributed by atoms with Gasteiger partial charge in [-0.3, -0.25) is 9.20 Å². The summed E-state index contributed by atoms with van der Waals surface area (Å²) in [5, 5.41) is 14.1. The molecule has 0 aliphatic heterocycles. The van der Waals surface area contributed by atoms with Crippen molar-refractivity contribution in [2.45, 2.75) is 44.8 Å². The lowest BCUT2D eigenvalue weighted by atomic mass is 10.2. The fourth-order valence-electron chi connectivity index (χ4n) is 3.46. The molecule has 1 aliphatic carbocycles. The second-order valence-corrected chi connectivity index (χ2v) is 7.19. The second-order valence-electron chi connectivity index (χ2n) is 7.19. The molecule has 3 heterocycles. The smallest absolute Gasteiger partial charge is 0.278 e. The second kappa shape index (κ2) is 5.50. The third kappa shape index (κ3) is 2.26. The number of aromatic nitrogens is 5. The largest absolute Gasteiger partial charge is 0.380 e. The van der Waals surface area contributed by atoms with E-state index in [4.69, 9.17) is 4.52 Å². The minimum absolute atomic E-state index is 0.0307. The maximum atomic E-state index is 13.4. The number of nitrogens with zero attached hydrogens (tertiary/aromatic N) is 5. The quantitative estimate of drug-likeness (QED) is 0.597. The Hall–Kier alpha value is -3.00. The van der Waals surface area contributed by atoms with Crippen molar-refractivity contribution >= 4 is 16.6 Å². The minimum Gasteiger partial charge on any atom is -0.380 e. The van der Waals surface area contributed by atoms with Crippen molar-refractivity contribution in [2.75, 3.05) is 0 Å². The van der Waals surface area contributed by atoms with Crippen LogP contribution in [0.25, 0.3) is 28.1 Å². The van der Waals surface area contributed by atoms with Gasteiger partial charge >= 0.3 is 0 Å². The van der Waals surface area contributed by atoms with Crippen molar-refractivity contribution in [3.63, 3.8) is 0 Å². The van der Waals surface area contributed by atoms with E-state index in [1.807, 2.05) is 31.2 Å². The van der Waals surface area contributed by atoms with Crippen molar-refractivity contribution in [3.05, 3.63) is 46.8 Å². The Kier molecular flexibility index (Phi) is 3.30. The van der Waals surface area contributed by atoms with E-state index in [1.54, 1.807) is 15.3 Å². The fourth-order valence-corrected chi connectivity index (χ4v) is 3.46. The molecule has 0 amide bonds. The highest BCUT2D eigenvalue weighted by molar-refractivity contribution is 5.83. The van der Waals surface area contributed by atoms with E-state index in [9.17, 15) is 9.90 Å². The molecule has 0 radical (unpaired) electrons. The summed E-state index contributed by atoms with van der Waals surface area (Å²) in [6, 6.07) is 7.79. The number of fused-ring (bicyclic) bond motifs is 3. The van der Waals surface area contributed by atoms with Gasteiger partial charge in [0.05, 0.1) is 11.0 Å². The molecule has 27 heavy (non-hydrogen) atoms. The first-order valence-electron chi connectivity index (χ1n) is 9.11. The Morgan fingerprint density at radius 3 is 2.74 bits per heavy atom. The van der Waals surface area contributed by atoms with Crippen molar-refractivity contribution in [2.24, 2.45) is 0 Å². The van der Waals surface area contributed by atoms with Gasteiger partial charge in [0.2, 0.25) is 5.82 Å². The molecule has 1 atom stereocenters. The summed E-state index contributed by atoms with van der Waals surface area (Å²) in [7, 11) is 0. The van der Waals surface area contributed by atoms with Gasteiger partial charge in [0.15, 0.2) is 0 Å². The van der Waals surface area contributed by atoms with Crippen LogP contribution in [-0.2, 0) is 5.60 Å². The predicted molar refractivity (Wildman–Crippen MR) is 98.4 cm³/mol. The molecule has 3 aromatic heterocycles. The molecule has 1 unspecified atom stereocenters. The van der Waals surface area contributed by atoms with Crippen LogP contribution in [0.2, 0.25) is 0 Å². The Balaban J connectivity index is 1.82. The molecule has 1 saturated carbocycles. The minimum atomic E-state index is -1.02. The number of imidazole rings is 1. The SMILES string of the molecule is CCC(C)n1c(=O)c2c(-c3noc(C4(O)CC4)n3)ncn2c2ccccc21. The highest BCUT2D eigenvalue weighted by atomic mass is 16.5. The molecule has 5 rings (SSSR count). The average Bonchev–Trinajstić information content (AvgIpc) is 3.11. The van der Waals surface area contributed by atoms with Gasteiger partial charge in [0.1, 0.15) is 23.1 Å². The molecule has 8 nitrogen and oxygen atoms in total. The van der Waals surface area contributed by atoms with Gasteiger partial charge in [-0.2, -0.15) is 4.98 Å². The van der Waals surface area contributed by atoms with E-state index in [2.05, 4.69) is 22.0 Å². The highest BCUT2D eigenvalue weighted by Gasteiger charge is 2.48. The van der Waals surface area contributed by atoms with Gasteiger partial charge < -0.3 is 14.2 Å². The van der Waals surface area contributed by atoms with Crippen LogP contribution >= 0.6 is 0 Å². The molecule has 0 spiro atoms. The molecule has 1 aliphatic rings. The lowest BCUT2D eigenvalue weighted by molar-refractivity contribution is 0.108. The summed E-state index contributed by atoms with van der Waals surface area (Å²) in [4.78, 5) is 22.1. The van der Waals surface area contributed by atoms with Crippen LogP contribution in [0.4, 0.5) is 0 Å². The van der Waals surface area contributed by atoms with Crippen molar-refractivity contribution in [1.82, 2.24) is 24.1 Å². The number of benzene rings is 1. The van der Waals surface area contributed by atoms with Crippen LogP contribution < -0.4 is 5.56 Å². The van der Waals surface area contributed by atoms with E-state index >= 15 is 0 Å². The van der Waals surface area contributed by atoms with Crippen LogP contribution in [0.5, 0.6) is 0 Å². The molecule has 0 bridgehead atoms. The lowest BCUT2D eigenvalue weighted by Crippen LogP contribution is -2.25. The Morgan fingerprint density at radius 2 is 2.04 bits per heavy atom. The van der Waals surface area contributed by atoms with Crippen LogP contribution in [-0.4, -0.2) is 29.2 Å². The summed E-state index contributed by atoms with van der Waals surface area (Å²) >= 11 is 0. The standard InChI is InChI=1S/C19H19N5O3/c1-3-11(2)24-13-7-5-4-6-12(13)23-10-20-14(15(23)17(24)25)16-21-18(27-22-16)19(26)8-9-19/h4-7,10-11,26H,3,8-9H2,1-2H3. The van der Waals surface area contributed by atoms with Crippen molar-refractivity contribution in [3.8, 4) is 11.5 Å². The first kappa shape index (κ1) is 16.2. The van der Waals surface area contributed by atoms with Crippen LogP contribution in [0.3, 0.4) is 0 Å². The molecule has 1 fully saturated rings. The van der Waals surface area contributed by atoms with Crippen molar-refractivity contribution < 1.29 is 9.63 Å². The maximum Gasteiger partial charge on any atom is 0.278 e. The van der Waals surface area contributed by atoms with Crippen LogP contribution in [0.1, 0.15) is 45.0 Å². The summed E-state index contributed by atoms with van der Waals surface area (Å²) in [6.07, 6.45) is 3.63. The topological polar surface area (TPSA) is 98.5 Å². The number of para-hydroxylation sites is 2. The Bertz CT molecular complexity index is 1230. The first-order valence-corrected chi connectivity index (χ1v) is 9.11. The van der Waals surface area contributed by atoms with Crippen LogP contribution in [0.15, 0.2) is 39.9 Å². The first-order chi connectivity index (χ1) is 13.0. The molecule has 1 N–H and O–H groups in total. The lowest BCUT2D eigenvalue weighted by Gasteiger charge is -2.17. The Morgan fingerprint density at radius 1 is 1.30 bits per heavy atom. The number of aliphatic hydroxyl groups is 1. The molecule has 1 aromatic carbocycles. The van der Waals surface area contributed by atoms with Gasteiger partial charge in [0.25, 0.3) is 11.4 Å². The Labute approximate surface area is 154 Å². The van der Waals surface area contributed by atoms with Crippen molar-refractivity contribution in [1.29, 1.82) is 0 Å². The van der Waals surface area contributed by atoms with E-state index in [0.29, 0.717) is 24.1 Å². The van der Waals surface area contributed by atoms with Gasteiger partial charge in [-0.15, -0.1) is 0 Å². The molecular weight excluding hydrogens is 346 g/mol. The third-order valence-electron chi connectivity index (χ3n) is 5.38. The normalized spacial score (nSPS) is 16.9. The summed E-state index contributed by atoms with van der Waals surface area (Å²) in [5.41, 5.74) is 1.34. The van der Waals surface area contributed by atoms with E-state index in [1.165, 1.54) is 0 Å². The maximum absolute atomic E-state index is 13.4. The summed E-state index contributed by atoms with van der Waals surface area (Å²) in [5.74, 6) is 0.401. The van der Waals surface area contributed by atoms with E-state index < -0.39 is 5.60 Å². The number of hydrogen-bond donors (Lipinski definition) is 1. The molecule has 138 valence electrons.